The first-order valence-electron chi connectivity index (χ1n) is 12.5. The van der Waals surface area contributed by atoms with Crippen molar-refractivity contribution in [1.29, 1.82) is 0 Å². The second-order valence-corrected chi connectivity index (χ2v) is 9.54. The van der Waals surface area contributed by atoms with Gasteiger partial charge < -0.3 is 35.9 Å². The van der Waals surface area contributed by atoms with Crippen LogP contribution in [0.15, 0.2) is 48.8 Å². The Bertz CT molecular complexity index is 1450. The Hall–Kier alpha value is -4.31. The van der Waals surface area contributed by atoms with Gasteiger partial charge in [0.25, 0.3) is 0 Å². The van der Waals surface area contributed by atoms with E-state index >= 15 is 0 Å². The molecule has 0 atom stereocenters. The number of carbonyl (C=O) groups is 1. The Morgan fingerprint density at radius 1 is 1.16 bits per heavy atom. The number of ether oxygens (including phenoxy) is 1. The zero-order valence-corrected chi connectivity index (χ0v) is 22.7. The summed E-state index contributed by atoms with van der Waals surface area (Å²) in [6.45, 7) is 3.87. The maximum Gasteiger partial charge on any atom is 0.237 e. The second-order valence-electron chi connectivity index (χ2n) is 9.54. The third-order valence-corrected chi connectivity index (χ3v) is 6.50. The number of para-hydroxylation sites is 1. The number of rotatable bonds is 11. The second kappa shape index (κ2) is 11.4. The topological polar surface area (TPSA) is 128 Å². The van der Waals surface area contributed by atoms with E-state index in [1.165, 1.54) is 0 Å². The largest absolute Gasteiger partial charge is 0.494 e. The van der Waals surface area contributed by atoms with E-state index in [4.69, 9.17) is 21.2 Å². The first-order valence-corrected chi connectivity index (χ1v) is 12.5. The van der Waals surface area contributed by atoms with Crippen LogP contribution in [0.5, 0.6) is 5.75 Å². The minimum atomic E-state index is -0.404. The normalized spacial score (nSPS) is 11.2. The number of methoxy groups -OCH3 is 1. The summed E-state index contributed by atoms with van der Waals surface area (Å²) in [7, 11) is 7.71. The van der Waals surface area contributed by atoms with Gasteiger partial charge in [0.1, 0.15) is 12.3 Å². The summed E-state index contributed by atoms with van der Waals surface area (Å²) in [6, 6.07) is 11.7. The van der Waals surface area contributed by atoms with Crippen molar-refractivity contribution in [2.24, 2.45) is 5.73 Å². The Kier molecular flexibility index (Phi) is 8.02. The number of fused-ring (bicyclic) bond motifs is 1. The number of benzene rings is 2. The number of nitrogens with one attached hydrogen (secondary N) is 1. The van der Waals surface area contributed by atoms with Gasteiger partial charge in [0.15, 0.2) is 0 Å². The molecule has 10 heteroatoms. The maximum absolute atomic E-state index is 11.7. The molecule has 0 unspecified atom stereocenters. The van der Waals surface area contributed by atoms with Gasteiger partial charge in [-0.3, -0.25) is 4.79 Å². The van der Waals surface area contributed by atoms with Crippen molar-refractivity contribution in [2.45, 2.75) is 19.9 Å². The molecule has 5 N–H and O–H groups in total. The standard InChI is InChI=1S/C28H36N8O2/c1-6-18-15-31-28(32-22-13-21(29)24(14-25(22)38-5)35(4)12-11-34(2)3)33-27(18)20-16-36(17-26(30)37)23-10-8-7-9-19(20)23/h7-10,13-16H,6,11-12,17,29H2,1-5H3,(H2,30,37)(H,31,32,33). The molecule has 0 saturated carbocycles. The lowest BCUT2D eigenvalue weighted by atomic mass is 10.0. The number of aromatic nitrogens is 3. The van der Waals surface area contributed by atoms with E-state index in [9.17, 15) is 4.79 Å². The molecule has 38 heavy (non-hydrogen) atoms. The molecule has 200 valence electrons. The van der Waals surface area contributed by atoms with E-state index in [1.807, 2.05) is 74.5 Å². The molecule has 2 aromatic carbocycles. The number of anilines is 4. The summed E-state index contributed by atoms with van der Waals surface area (Å²) >= 11 is 0. The lowest BCUT2D eigenvalue weighted by molar-refractivity contribution is -0.118. The lowest BCUT2D eigenvalue weighted by Crippen LogP contribution is -2.29. The van der Waals surface area contributed by atoms with E-state index < -0.39 is 5.91 Å². The number of hydrogen-bond donors (Lipinski definition) is 3. The minimum Gasteiger partial charge on any atom is -0.494 e. The number of carbonyl (C=O) groups excluding carboxylic acids is 1. The third-order valence-electron chi connectivity index (χ3n) is 6.50. The molecule has 2 heterocycles. The molecule has 0 aliphatic rings. The Labute approximate surface area is 223 Å². The predicted octanol–water partition coefficient (Wildman–Crippen LogP) is 3.48. The summed E-state index contributed by atoms with van der Waals surface area (Å²) < 4.78 is 7.55. The molecule has 0 spiro atoms. The molecule has 4 rings (SSSR count). The molecule has 0 aliphatic carbocycles. The Balaban J connectivity index is 1.72. The average Bonchev–Trinajstić information content (AvgIpc) is 3.25. The number of amides is 1. The molecule has 10 nitrogen and oxygen atoms in total. The van der Waals surface area contributed by atoms with Crippen LogP contribution in [0.1, 0.15) is 12.5 Å². The van der Waals surface area contributed by atoms with Crippen LogP contribution in [0.2, 0.25) is 0 Å². The number of nitrogens with two attached hydrogens (primary N) is 2. The highest BCUT2D eigenvalue weighted by Crippen LogP contribution is 2.37. The van der Waals surface area contributed by atoms with Crippen molar-refractivity contribution >= 4 is 39.8 Å². The molecule has 0 bridgehead atoms. The van der Waals surface area contributed by atoms with Crippen LogP contribution in [0.4, 0.5) is 23.0 Å². The molecular weight excluding hydrogens is 480 g/mol. The molecule has 1 amide bonds. The zero-order chi connectivity index (χ0) is 27.4. The van der Waals surface area contributed by atoms with Crippen LogP contribution in [0, 0.1) is 0 Å². The summed E-state index contributed by atoms with van der Waals surface area (Å²) in [5.41, 5.74) is 17.7. The van der Waals surface area contributed by atoms with Gasteiger partial charge >= 0.3 is 0 Å². The van der Waals surface area contributed by atoms with E-state index in [0.29, 0.717) is 23.1 Å². The summed E-state index contributed by atoms with van der Waals surface area (Å²) in [5, 5.41) is 4.28. The van der Waals surface area contributed by atoms with Gasteiger partial charge in [-0.2, -0.15) is 0 Å². The van der Waals surface area contributed by atoms with Crippen LogP contribution in [0.25, 0.3) is 22.2 Å². The van der Waals surface area contributed by atoms with Crippen molar-refractivity contribution in [3.8, 4) is 17.0 Å². The van der Waals surface area contributed by atoms with Crippen LogP contribution >= 0.6 is 0 Å². The summed E-state index contributed by atoms with van der Waals surface area (Å²) in [5.74, 6) is 0.641. The fraction of sp³-hybridized carbons (Fsp3) is 0.321. The van der Waals surface area contributed by atoms with Gasteiger partial charge in [-0.15, -0.1) is 0 Å². The highest BCUT2D eigenvalue weighted by molar-refractivity contribution is 5.96. The number of hydrogen-bond acceptors (Lipinski definition) is 8. The monoisotopic (exact) mass is 516 g/mol. The van der Waals surface area contributed by atoms with E-state index in [1.54, 1.807) is 7.11 Å². The number of primary amides is 1. The first-order chi connectivity index (χ1) is 18.2. The van der Waals surface area contributed by atoms with E-state index in [0.717, 1.165) is 52.9 Å². The number of nitrogens with zero attached hydrogens (tertiary/aromatic N) is 5. The molecule has 0 radical (unpaired) electrons. The van der Waals surface area contributed by atoms with Crippen LogP contribution < -0.4 is 26.4 Å². The smallest absolute Gasteiger partial charge is 0.237 e. The summed E-state index contributed by atoms with van der Waals surface area (Å²) in [6.07, 6.45) is 4.50. The highest BCUT2D eigenvalue weighted by Gasteiger charge is 2.18. The zero-order valence-electron chi connectivity index (χ0n) is 22.7. The molecule has 0 saturated heterocycles. The van der Waals surface area contributed by atoms with Gasteiger partial charge in [-0.25, -0.2) is 9.97 Å². The number of aryl methyl sites for hydroxylation is 1. The molecular formula is C28H36N8O2. The van der Waals surface area contributed by atoms with Gasteiger partial charge in [-0.1, -0.05) is 25.1 Å². The van der Waals surface area contributed by atoms with E-state index in [-0.39, 0.29) is 6.54 Å². The number of likely N-dealkylation sites (N-methyl/N-ethyl adjacent to an activating group) is 2. The fourth-order valence-electron chi connectivity index (χ4n) is 4.47. The maximum atomic E-state index is 11.7. The van der Waals surface area contributed by atoms with Gasteiger partial charge in [0.05, 0.1) is 29.9 Å². The van der Waals surface area contributed by atoms with Crippen molar-refractivity contribution < 1.29 is 9.53 Å². The average molecular weight is 517 g/mol. The van der Waals surface area contributed by atoms with Gasteiger partial charge in [0, 0.05) is 55.1 Å². The Morgan fingerprint density at radius 3 is 2.61 bits per heavy atom. The van der Waals surface area contributed by atoms with Crippen molar-refractivity contribution in [3.63, 3.8) is 0 Å². The predicted molar refractivity (Wildman–Crippen MR) is 154 cm³/mol. The van der Waals surface area contributed by atoms with Crippen LogP contribution in [-0.2, 0) is 17.8 Å². The molecule has 0 aliphatic heterocycles. The van der Waals surface area contributed by atoms with E-state index in [2.05, 4.69) is 27.0 Å². The quantitative estimate of drug-likeness (QED) is 0.259. The van der Waals surface area contributed by atoms with Crippen molar-refractivity contribution in [3.05, 3.63) is 54.4 Å². The SMILES string of the molecule is CCc1cnc(Nc2cc(N)c(N(C)CCN(C)C)cc2OC)nc1-c1cn(CC(N)=O)c2ccccc12. The van der Waals surface area contributed by atoms with Crippen molar-refractivity contribution in [1.82, 2.24) is 19.4 Å². The molecule has 0 fully saturated rings. The van der Waals surface area contributed by atoms with Gasteiger partial charge in [-0.05, 0) is 38.2 Å². The Morgan fingerprint density at radius 2 is 1.92 bits per heavy atom. The van der Waals surface area contributed by atoms with Gasteiger partial charge in [0.2, 0.25) is 11.9 Å². The fourth-order valence-corrected chi connectivity index (χ4v) is 4.47. The lowest BCUT2D eigenvalue weighted by Gasteiger charge is -2.24. The molecule has 4 aromatic rings. The minimum absolute atomic E-state index is 0.0873. The highest BCUT2D eigenvalue weighted by atomic mass is 16.5. The van der Waals surface area contributed by atoms with Crippen LogP contribution in [-0.4, -0.2) is 66.7 Å². The van der Waals surface area contributed by atoms with Crippen LogP contribution in [0.3, 0.4) is 0 Å². The number of nitrogen functional groups attached to an aromatic ring is 1. The van der Waals surface area contributed by atoms with Crippen molar-refractivity contribution in [2.75, 3.05) is 57.3 Å². The third kappa shape index (κ3) is 5.65. The first kappa shape index (κ1) is 26.7. The summed E-state index contributed by atoms with van der Waals surface area (Å²) in [4.78, 5) is 25.4. The molecule has 2 aromatic heterocycles.